The molecular formula is C72H103Br2LiN9NaO18. The first-order valence-corrected chi connectivity index (χ1v) is 33.4. The molecule has 0 saturated carbocycles. The van der Waals surface area contributed by atoms with Gasteiger partial charge in [-0.15, -0.1) is 0 Å². The molecule has 0 aliphatic rings. The molecule has 0 aromatic carbocycles. The maximum Gasteiger partial charge on any atom is 1.00 e. The summed E-state index contributed by atoms with van der Waals surface area (Å²) in [5.41, 5.74) is 11.3. The number of nitrogens with zero attached hydrogens (tertiary/aromatic N) is 1. The summed E-state index contributed by atoms with van der Waals surface area (Å²) in [5, 5.41) is 18.5. The van der Waals surface area contributed by atoms with Gasteiger partial charge >= 0.3 is 60.4 Å². The fourth-order valence-electron chi connectivity index (χ4n) is 7.57. The van der Waals surface area contributed by atoms with Crippen molar-refractivity contribution in [1.82, 2.24) is 45.4 Å². The Morgan fingerprint density at radius 2 is 0.786 bits per heavy atom. The normalized spacial score (nSPS) is 9.86. The Morgan fingerprint density at radius 1 is 0.505 bits per heavy atom. The van der Waals surface area contributed by atoms with Gasteiger partial charge in [-0.2, -0.15) is 0 Å². The summed E-state index contributed by atoms with van der Waals surface area (Å²) in [4.78, 5) is 183. The second-order valence-electron chi connectivity index (χ2n) is 22.6. The first-order valence-electron chi connectivity index (χ1n) is 30.7. The van der Waals surface area contributed by atoms with Crippen molar-refractivity contribution in [2.45, 2.75) is 136 Å². The maximum absolute atomic E-state index is 11.9. The van der Waals surface area contributed by atoms with E-state index < -0.39 is 29.2 Å². The van der Waals surface area contributed by atoms with Gasteiger partial charge in [-0.25, -0.2) is 15.3 Å². The predicted octanol–water partition coefficient (Wildman–Crippen LogP) is 6.69. The number of rotatable bonds is 23. The molecule has 10 N–H and O–H groups in total. The number of alkyl halides is 2. The van der Waals surface area contributed by atoms with Gasteiger partial charge in [-0.1, -0.05) is 38.8 Å². The zero-order valence-electron chi connectivity index (χ0n) is 64.9. The van der Waals surface area contributed by atoms with E-state index in [1.807, 2.05) is 72.5 Å². The van der Waals surface area contributed by atoms with Crippen molar-refractivity contribution in [2.24, 2.45) is 17.3 Å². The smallest absolute Gasteiger partial charge is 1.00 e. The number of H-pyrrole nitrogens is 7. The number of hydroxylamine groups is 3. The Morgan fingerprint density at radius 3 is 0.990 bits per heavy atom. The number of aliphatic carboxylic acids is 1. The molecule has 31 heteroatoms. The van der Waals surface area contributed by atoms with Crippen LogP contribution in [0.3, 0.4) is 0 Å². The number of nitrogens with one attached hydrogen (secondary N) is 8. The number of carbonyl (C=O) groups is 14. The van der Waals surface area contributed by atoms with Crippen molar-refractivity contribution >= 4 is 113 Å². The third-order valence-electron chi connectivity index (χ3n) is 13.6. The van der Waals surface area contributed by atoms with Crippen molar-refractivity contribution in [3.8, 4) is 0 Å². The number of carboxylic acids is 2. The third kappa shape index (κ3) is 45.1. The molecule has 103 heavy (non-hydrogen) atoms. The van der Waals surface area contributed by atoms with Crippen molar-refractivity contribution in [3.05, 3.63) is 172 Å². The van der Waals surface area contributed by atoms with E-state index in [9.17, 15) is 67.1 Å². The standard InChI is InChI=1S/C13H17NO3.C12H15NO3.C10H13NO3.C8H12N2O2.C7H8BrNO.C7H9NO.C6H7NO2.C5H8O2.C2H7NO.CH3Br.CH3.Li.Na.H/c1-8-5-6-11(14-8)12(17)7-13(4,9(2)15)10(3)16;1-7-4-5-11(13-7)12(16)6-10(8(2)14)9(3)15;1-6(10(13)14)5-9(12)8-4-3-7(2)11-8;1-6-4-5-7(9-6)8(11)10(2)12-3;1-5-2-3-6(9-5)7(10)4-8;1-5-3-4-7(8-5)6(2)9;1-4-2-3-5(7-4)6(8)9;1-4(6)3-5(2)7;1-3-4-2;1-2;;;;/h5-6,14H,7H2,1-4H3;4-5,10,13H,6H2,1-3H3;3-4,6,11H,5H2,1-2H3,(H,13,14);4-5,9H,1-3H3;2-3,9H,4H2,1H3;3-4,8H,1-2H3;2-3,7H,1H3,(H,8,9);3H2,1-2H3;3H,1-2H3;1H3;1H3;;;/q;;;;;;;;;;-1;2*+1;-1. The van der Waals surface area contributed by atoms with Crippen LogP contribution >= 0.6 is 31.9 Å². The van der Waals surface area contributed by atoms with Crippen LogP contribution in [0.1, 0.15) is 203 Å². The van der Waals surface area contributed by atoms with Crippen LogP contribution in [0, 0.1) is 73.1 Å². The largest absolute Gasteiger partial charge is 1.00 e. The molecule has 0 radical (unpaired) electrons. The average Bonchev–Trinajstić information content (AvgIpc) is 1.04. The minimum absolute atomic E-state index is 0. The number of carboxylic acid groups (broad SMARTS) is 2. The van der Waals surface area contributed by atoms with Crippen molar-refractivity contribution < 1.29 is 137 Å². The van der Waals surface area contributed by atoms with Gasteiger partial charge in [0.15, 0.2) is 28.9 Å². The van der Waals surface area contributed by atoms with E-state index in [2.05, 4.69) is 77.1 Å². The molecular weight excluding hydrogens is 1470 g/mol. The fourth-order valence-corrected chi connectivity index (χ4v) is 7.87. The topological polar surface area (TPSA) is 424 Å². The molecule has 7 aromatic rings. The van der Waals surface area contributed by atoms with Crippen LogP contribution in [-0.4, -0.2) is 171 Å². The fraction of sp³-hybridized carbons (Fsp3) is 0.403. The van der Waals surface area contributed by atoms with E-state index in [4.69, 9.17) is 15.1 Å². The number of aromatic carboxylic acids is 1. The number of halogens is 2. The first kappa shape index (κ1) is 106. The maximum atomic E-state index is 11.9. The minimum Gasteiger partial charge on any atom is -1.00 e. The molecule has 0 spiro atoms. The van der Waals surface area contributed by atoms with Crippen molar-refractivity contribution in [1.29, 1.82) is 0 Å². The van der Waals surface area contributed by atoms with Crippen LogP contribution in [0.25, 0.3) is 0 Å². The molecule has 0 saturated heterocycles. The summed E-state index contributed by atoms with van der Waals surface area (Å²) >= 11 is 6.03. The van der Waals surface area contributed by atoms with E-state index in [0.29, 0.717) is 39.5 Å². The SMILES string of the molecule is CBr.CC(=O)C(C)(CC(=O)c1ccc(C)[nH]1)C(C)=O.CC(=O)C(CC(=O)c1ccc(C)[nH]1)C(C)=O.CC(=O)CC(C)=O.CC(=O)c1ccc(C)[nH]1.CNOC.CON(C)C(=O)c1ccc(C)[nH]1.Cc1ccc(C(=O)CBr)[nH]1.Cc1ccc(C(=O)CC(C)C(=O)O)[nH]1.Cc1ccc(C(=O)O)[nH]1.[CH3-].[H-].[Li+].[Na+]. The van der Waals surface area contributed by atoms with Crippen LogP contribution in [0.15, 0.2) is 84.9 Å². The van der Waals surface area contributed by atoms with Gasteiger partial charge in [-0.3, -0.25) is 67.2 Å². The summed E-state index contributed by atoms with van der Waals surface area (Å²) in [6, 6.07) is 24.5. The molecule has 7 heterocycles. The Bertz CT molecular complexity index is 3710. The number of Topliss-reactive ketones (excluding diaryl/α,β-unsaturated/α-hetero) is 11. The second kappa shape index (κ2) is 56.6. The van der Waals surface area contributed by atoms with E-state index >= 15 is 0 Å². The molecule has 1 atom stereocenters. The number of ketones is 11. The van der Waals surface area contributed by atoms with Gasteiger partial charge in [0.25, 0.3) is 5.91 Å². The van der Waals surface area contributed by atoms with Crippen LogP contribution in [-0.2, 0) is 43.2 Å². The van der Waals surface area contributed by atoms with Gasteiger partial charge in [0.1, 0.15) is 46.1 Å². The zero-order chi connectivity index (χ0) is 77.9. The van der Waals surface area contributed by atoms with E-state index in [0.717, 1.165) is 39.9 Å². The number of amides is 1. The van der Waals surface area contributed by atoms with Crippen molar-refractivity contribution in [3.63, 3.8) is 0 Å². The number of hydrogen-bond donors (Lipinski definition) is 10. The molecule has 560 valence electrons. The van der Waals surface area contributed by atoms with Gasteiger partial charge in [0.05, 0.1) is 71.7 Å². The molecule has 1 amide bonds. The number of aromatic amines is 7. The van der Waals surface area contributed by atoms with Gasteiger partial charge < -0.3 is 58.8 Å². The Labute approximate surface area is 656 Å². The summed E-state index contributed by atoms with van der Waals surface area (Å²) in [6.45, 7) is 25.8. The molecule has 7 rings (SSSR count). The molecule has 0 bridgehead atoms. The Hall–Kier alpha value is -7.82. The summed E-state index contributed by atoms with van der Waals surface area (Å²) in [7, 11) is 6.30. The van der Waals surface area contributed by atoms with Crippen LogP contribution in [0.2, 0.25) is 0 Å². The Balaban J connectivity index is -0.000000206. The summed E-state index contributed by atoms with van der Waals surface area (Å²) in [6.07, 6.45) is -0.0163. The molecule has 0 fully saturated rings. The van der Waals surface area contributed by atoms with Crippen molar-refractivity contribution in [2.75, 3.05) is 39.5 Å². The molecule has 0 aliphatic heterocycles. The van der Waals surface area contributed by atoms with Crippen LogP contribution in [0.4, 0.5) is 0 Å². The van der Waals surface area contributed by atoms with Gasteiger partial charge in [0, 0.05) is 80.1 Å². The third-order valence-corrected chi connectivity index (χ3v) is 14.1. The monoisotopic (exact) mass is 1570 g/mol. The number of aromatic nitrogens is 7. The number of carbonyl (C=O) groups excluding carboxylic acids is 12. The first-order chi connectivity index (χ1) is 46.5. The molecule has 7 aromatic heterocycles. The average molecular weight is 1570 g/mol. The quantitative estimate of drug-likeness (QED) is 0.00795. The van der Waals surface area contributed by atoms with E-state index in [1.165, 1.54) is 73.6 Å². The van der Waals surface area contributed by atoms with Gasteiger partial charge in [-0.05, 0) is 188 Å². The van der Waals surface area contributed by atoms with Crippen LogP contribution in [0.5, 0.6) is 0 Å². The second-order valence-corrected chi connectivity index (χ2v) is 23.2. The zero-order valence-corrected chi connectivity index (χ0v) is 69.1. The van der Waals surface area contributed by atoms with Crippen LogP contribution < -0.4 is 53.9 Å². The van der Waals surface area contributed by atoms with E-state index in [-0.39, 0.29) is 158 Å². The molecule has 0 aliphatic carbocycles. The van der Waals surface area contributed by atoms with E-state index in [1.54, 1.807) is 88.8 Å². The summed E-state index contributed by atoms with van der Waals surface area (Å²) < 4.78 is 0. The number of aryl methyl sites for hydroxylation is 7. The summed E-state index contributed by atoms with van der Waals surface area (Å²) in [5.74, 6) is -3.26. The number of hydrogen-bond acceptors (Lipinski definition) is 17. The predicted molar refractivity (Wildman–Crippen MR) is 395 cm³/mol. The Kier molecular flexibility index (Phi) is 58.3. The molecule has 1 unspecified atom stereocenters. The molecule has 27 nitrogen and oxygen atoms in total. The van der Waals surface area contributed by atoms with Gasteiger partial charge in [0.2, 0.25) is 0 Å². The minimum atomic E-state index is -1.21.